The Balaban J connectivity index is 2.73. The van der Waals surface area contributed by atoms with Gasteiger partial charge in [-0.1, -0.05) is 26.0 Å². The van der Waals surface area contributed by atoms with Gasteiger partial charge in [-0.15, -0.1) is 0 Å². The summed E-state index contributed by atoms with van der Waals surface area (Å²) in [7, 11) is 0. The van der Waals surface area contributed by atoms with Gasteiger partial charge in [0.15, 0.2) is 0 Å². The van der Waals surface area contributed by atoms with Gasteiger partial charge < -0.3 is 0 Å². The molecule has 0 unspecified atom stereocenters. The first-order valence-corrected chi connectivity index (χ1v) is 5.92. The standard InChI is InChI=1S/C15H18O2/c1-14(2)8-13(17)15(3,4)12-7-10(9-16)5-6-11(12)14/h5-7,9H,8H2,1-4H3. The fraction of sp³-hybridized carbons (Fsp3) is 0.467. The van der Waals surface area contributed by atoms with Crippen molar-refractivity contribution in [3.05, 3.63) is 34.9 Å². The molecule has 0 amide bonds. The maximum absolute atomic E-state index is 12.2. The second kappa shape index (κ2) is 3.52. The monoisotopic (exact) mass is 230 g/mol. The number of rotatable bonds is 1. The maximum atomic E-state index is 12.2. The Hall–Kier alpha value is -1.44. The molecule has 1 aromatic rings. The van der Waals surface area contributed by atoms with Gasteiger partial charge in [0.1, 0.15) is 12.1 Å². The van der Waals surface area contributed by atoms with E-state index in [1.807, 2.05) is 32.0 Å². The number of Topliss-reactive ketones (excluding diaryl/α,β-unsaturated/α-hetero) is 1. The van der Waals surface area contributed by atoms with Crippen LogP contribution in [0.1, 0.15) is 55.6 Å². The van der Waals surface area contributed by atoms with Gasteiger partial charge in [0.05, 0.1) is 0 Å². The predicted molar refractivity (Wildman–Crippen MR) is 67.5 cm³/mol. The Morgan fingerprint density at radius 3 is 2.35 bits per heavy atom. The van der Waals surface area contributed by atoms with E-state index in [1.54, 1.807) is 0 Å². The average Bonchev–Trinajstić information content (AvgIpc) is 2.26. The summed E-state index contributed by atoms with van der Waals surface area (Å²) in [5, 5.41) is 0. The molecule has 0 radical (unpaired) electrons. The van der Waals surface area contributed by atoms with Crippen LogP contribution in [0.2, 0.25) is 0 Å². The van der Waals surface area contributed by atoms with Crippen LogP contribution in [0.5, 0.6) is 0 Å². The second-order valence-electron chi connectivity index (χ2n) is 6.03. The van der Waals surface area contributed by atoms with Gasteiger partial charge in [-0.25, -0.2) is 0 Å². The lowest BCUT2D eigenvalue weighted by Crippen LogP contribution is -2.42. The molecular formula is C15H18O2. The Bertz CT molecular complexity index is 496. The number of carbonyl (C=O) groups excluding carboxylic acids is 2. The van der Waals surface area contributed by atoms with Crippen LogP contribution < -0.4 is 0 Å². The summed E-state index contributed by atoms with van der Waals surface area (Å²) in [5.74, 6) is 0.248. The van der Waals surface area contributed by atoms with Crippen LogP contribution in [-0.4, -0.2) is 12.1 Å². The Morgan fingerprint density at radius 2 is 1.76 bits per heavy atom. The molecule has 0 atom stereocenters. The molecule has 0 saturated carbocycles. The van der Waals surface area contributed by atoms with Crippen molar-refractivity contribution in [1.29, 1.82) is 0 Å². The van der Waals surface area contributed by atoms with Crippen LogP contribution in [0.3, 0.4) is 0 Å². The fourth-order valence-electron chi connectivity index (χ4n) is 2.61. The minimum atomic E-state index is -0.482. The van der Waals surface area contributed by atoms with E-state index in [2.05, 4.69) is 13.8 Å². The Morgan fingerprint density at radius 1 is 1.12 bits per heavy atom. The normalized spacial score (nSPS) is 20.8. The lowest BCUT2D eigenvalue weighted by molar-refractivity contribution is -0.125. The first-order chi connectivity index (χ1) is 7.79. The molecule has 0 spiro atoms. The predicted octanol–water partition coefficient (Wildman–Crippen LogP) is 3.03. The van der Waals surface area contributed by atoms with Crippen molar-refractivity contribution in [2.75, 3.05) is 0 Å². The third kappa shape index (κ3) is 1.72. The SMILES string of the molecule is CC1(C)CC(=O)C(C)(C)c2cc(C=O)ccc21. The van der Waals surface area contributed by atoms with Gasteiger partial charge in [-0.3, -0.25) is 9.59 Å². The minimum absolute atomic E-state index is 0.136. The van der Waals surface area contributed by atoms with Gasteiger partial charge in [0.2, 0.25) is 0 Å². The van der Waals surface area contributed by atoms with E-state index in [9.17, 15) is 9.59 Å². The van der Waals surface area contributed by atoms with E-state index in [1.165, 1.54) is 5.56 Å². The highest BCUT2D eigenvalue weighted by Crippen LogP contribution is 2.43. The quantitative estimate of drug-likeness (QED) is 0.695. The zero-order chi connectivity index (χ0) is 12.8. The van der Waals surface area contributed by atoms with Gasteiger partial charge >= 0.3 is 0 Å². The summed E-state index contributed by atoms with van der Waals surface area (Å²) in [6.45, 7) is 8.05. The van der Waals surface area contributed by atoms with Crippen LogP contribution in [0.4, 0.5) is 0 Å². The van der Waals surface area contributed by atoms with Gasteiger partial charge in [-0.05, 0) is 36.5 Å². The number of fused-ring (bicyclic) bond motifs is 1. The number of carbonyl (C=O) groups is 2. The van der Waals surface area contributed by atoms with Crippen LogP contribution in [0.15, 0.2) is 18.2 Å². The maximum Gasteiger partial charge on any atom is 0.150 e. The van der Waals surface area contributed by atoms with E-state index in [0.29, 0.717) is 12.0 Å². The molecule has 0 saturated heterocycles. The van der Waals surface area contributed by atoms with Gasteiger partial charge in [0.25, 0.3) is 0 Å². The highest BCUT2D eigenvalue weighted by atomic mass is 16.1. The number of hydrogen-bond acceptors (Lipinski definition) is 2. The van der Waals surface area contributed by atoms with Gasteiger partial charge in [0, 0.05) is 17.4 Å². The largest absolute Gasteiger partial charge is 0.299 e. The lowest BCUT2D eigenvalue weighted by Gasteiger charge is -2.40. The summed E-state index contributed by atoms with van der Waals surface area (Å²) in [6.07, 6.45) is 1.40. The number of hydrogen-bond donors (Lipinski definition) is 0. The molecule has 1 aliphatic carbocycles. The van der Waals surface area contributed by atoms with Crippen LogP contribution in [-0.2, 0) is 15.6 Å². The van der Waals surface area contributed by atoms with Crippen LogP contribution in [0.25, 0.3) is 0 Å². The van der Waals surface area contributed by atoms with Crippen molar-refractivity contribution in [3.8, 4) is 0 Å². The third-order valence-electron chi connectivity index (χ3n) is 3.88. The zero-order valence-corrected chi connectivity index (χ0v) is 10.8. The van der Waals surface area contributed by atoms with Crippen molar-refractivity contribution in [2.24, 2.45) is 0 Å². The molecule has 1 aromatic carbocycles. The summed E-state index contributed by atoms with van der Waals surface area (Å²) in [6, 6.07) is 5.69. The molecule has 17 heavy (non-hydrogen) atoms. The smallest absolute Gasteiger partial charge is 0.150 e. The molecule has 2 nitrogen and oxygen atoms in total. The molecule has 0 aromatic heterocycles. The van der Waals surface area contributed by atoms with Crippen molar-refractivity contribution in [3.63, 3.8) is 0 Å². The van der Waals surface area contributed by atoms with E-state index < -0.39 is 5.41 Å². The molecule has 0 aliphatic heterocycles. The topological polar surface area (TPSA) is 34.1 Å². The van der Waals surface area contributed by atoms with Gasteiger partial charge in [-0.2, -0.15) is 0 Å². The van der Waals surface area contributed by atoms with E-state index >= 15 is 0 Å². The molecule has 0 N–H and O–H groups in total. The van der Waals surface area contributed by atoms with Crippen LogP contribution >= 0.6 is 0 Å². The van der Waals surface area contributed by atoms with Crippen LogP contribution in [0, 0.1) is 0 Å². The highest BCUT2D eigenvalue weighted by molar-refractivity contribution is 5.93. The first-order valence-electron chi connectivity index (χ1n) is 5.92. The molecular weight excluding hydrogens is 212 g/mol. The summed E-state index contributed by atoms with van der Waals surface area (Å²) in [4.78, 5) is 23.1. The van der Waals surface area contributed by atoms with E-state index in [-0.39, 0.29) is 11.2 Å². The number of aldehydes is 1. The minimum Gasteiger partial charge on any atom is -0.299 e. The summed E-state index contributed by atoms with van der Waals surface area (Å²) in [5.41, 5.74) is 2.21. The Kier molecular flexibility index (Phi) is 2.49. The fourth-order valence-corrected chi connectivity index (χ4v) is 2.61. The van der Waals surface area contributed by atoms with Crippen molar-refractivity contribution >= 4 is 12.1 Å². The molecule has 0 heterocycles. The summed E-state index contributed by atoms with van der Waals surface area (Å²) < 4.78 is 0. The van der Waals surface area contributed by atoms with E-state index in [0.717, 1.165) is 11.8 Å². The zero-order valence-electron chi connectivity index (χ0n) is 10.8. The number of ketones is 1. The first kappa shape index (κ1) is 12.0. The molecule has 0 bridgehead atoms. The highest BCUT2D eigenvalue weighted by Gasteiger charge is 2.43. The van der Waals surface area contributed by atoms with E-state index in [4.69, 9.17) is 0 Å². The van der Waals surface area contributed by atoms with Crippen molar-refractivity contribution in [1.82, 2.24) is 0 Å². The average molecular weight is 230 g/mol. The molecule has 0 fully saturated rings. The summed E-state index contributed by atoms with van der Waals surface area (Å²) >= 11 is 0. The van der Waals surface area contributed by atoms with Crippen molar-refractivity contribution < 1.29 is 9.59 Å². The molecule has 1 aliphatic rings. The Labute approximate surface area is 102 Å². The molecule has 2 rings (SSSR count). The lowest BCUT2D eigenvalue weighted by atomic mass is 9.62. The third-order valence-corrected chi connectivity index (χ3v) is 3.88. The number of benzene rings is 1. The second-order valence-corrected chi connectivity index (χ2v) is 6.03. The molecule has 2 heteroatoms. The molecule has 90 valence electrons. The van der Waals surface area contributed by atoms with Crippen molar-refractivity contribution in [2.45, 2.75) is 44.9 Å².